The minimum absolute atomic E-state index is 0.0800. The normalized spacial score (nSPS) is 14.9. The molecule has 2 N–H and O–H groups in total. The number of rotatable bonds is 11. The van der Waals surface area contributed by atoms with Gasteiger partial charge in [-0.2, -0.15) is 0 Å². The van der Waals surface area contributed by atoms with Gasteiger partial charge in [-0.25, -0.2) is 4.79 Å². The smallest absolute Gasteiger partial charge is 0.410 e. The van der Waals surface area contributed by atoms with Crippen LogP contribution < -0.4 is 15.5 Å². The van der Waals surface area contributed by atoms with Gasteiger partial charge in [0.2, 0.25) is 11.8 Å². The van der Waals surface area contributed by atoms with E-state index in [4.69, 9.17) is 27.9 Å². The van der Waals surface area contributed by atoms with Crippen molar-refractivity contribution in [3.8, 4) is 0 Å². The highest BCUT2D eigenvalue weighted by molar-refractivity contribution is 6.18. The number of ether oxygens (including phenoxy) is 1. The molecule has 3 rings (SSSR count). The Morgan fingerprint density at radius 2 is 1.69 bits per heavy atom. The molecule has 1 aliphatic heterocycles. The molecule has 1 aliphatic rings. The van der Waals surface area contributed by atoms with Crippen LogP contribution in [0.25, 0.3) is 0 Å². The molecular formula is C25H30Cl2N4O4. The Kier molecular flexibility index (Phi) is 10.5. The number of hydrogen-bond acceptors (Lipinski definition) is 6. The molecule has 1 atom stereocenters. The number of imide groups is 1. The summed E-state index contributed by atoms with van der Waals surface area (Å²) < 4.78 is 5.35. The van der Waals surface area contributed by atoms with Crippen molar-refractivity contribution in [2.24, 2.45) is 0 Å². The lowest BCUT2D eigenvalue weighted by Gasteiger charge is -2.23. The largest absolute Gasteiger partial charge is 0.445 e. The number of amides is 3. The quantitative estimate of drug-likeness (QED) is 0.437. The van der Waals surface area contributed by atoms with Crippen molar-refractivity contribution in [1.29, 1.82) is 0 Å². The molecule has 0 aromatic heterocycles. The maximum Gasteiger partial charge on any atom is 0.410 e. The Bertz CT molecular complexity index is 969. The van der Waals surface area contributed by atoms with Crippen LogP contribution in [0.4, 0.5) is 16.2 Å². The third-order valence-corrected chi connectivity index (χ3v) is 5.99. The molecule has 0 radical (unpaired) electrons. The first-order chi connectivity index (χ1) is 17.0. The molecular weight excluding hydrogens is 491 g/mol. The number of hydrogen-bond donors (Lipinski definition) is 2. The molecule has 0 aliphatic carbocycles. The molecule has 0 unspecified atom stereocenters. The Hall–Kier alpha value is -2.97. The Morgan fingerprint density at radius 1 is 1.00 bits per heavy atom. The molecule has 0 saturated carbocycles. The molecule has 188 valence electrons. The first-order valence-electron chi connectivity index (χ1n) is 11.5. The summed E-state index contributed by atoms with van der Waals surface area (Å²) in [6.07, 6.45) is 0.590. The van der Waals surface area contributed by atoms with Crippen LogP contribution in [0, 0.1) is 0 Å². The molecule has 1 saturated heterocycles. The lowest BCUT2D eigenvalue weighted by Crippen LogP contribution is -2.48. The van der Waals surface area contributed by atoms with Crippen LogP contribution in [0.1, 0.15) is 18.4 Å². The van der Waals surface area contributed by atoms with E-state index in [1.54, 1.807) is 0 Å². The number of anilines is 2. The maximum absolute atomic E-state index is 12.7. The van der Waals surface area contributed by atoms with Crippen molar-refractivity contribution in [3.63, 3.8) is 0 Å². The molecule has 1 fully saturated rings. The van der Waals surface area contributed by atoms with Crippen LogP contribution in [-0.2, 0) is 20.9 Å². The molecule has 1 heterocycles. The number of likely N-dealkylation sites (tertiary alicyclic amines) is 1. The number of carbonyl (C=O) groups is 3. The van der Waals surface area contributed by atoms with E-state index in [0.717, 1.165) is 16.9 Å². The summed E-state index contributed by atoms with van der Waals surface area (Å²) in [6.45, 7) is 1.83. The zero-order valence-electron chi connectivity index (χ0n) is 19.4. The third kappa shape index (κ3) is 8.04. The van der Waals surface area contributed by atoms with Crippen molar-refractivity contribution >= 4 is 52.5 Å². The highest BCUT2D eigenvalue weighted by Gasteiger charge is 2.35. The zero-order valence-corrected chi connectivity index (χ0v) is 20.9. The number of benzene rings is 2. The van der Waals surface area contributed by atoms with Gasteiger partial charge in [0.1, 0.15) is 12.6 Å². The average molecular weight is 521 g/mol. The Morgan fingerprint density at radius 3 is 2.34 bits per heavy atom. The van der Waals surface area contributed by atoms with Crippen LogP contribution in [-0.4, -0.2) is 66.8 Å². The van der Waals surface area contributed by atoms with Gasteiger partial charge in [0.15, 0.2) is 0 Å². The van der Waals surface area contributed by atoms with Crippen molar-refractivity contribution in [1.82, 2.24) is 10.2 Å². The van der Waals surface area contributed by atoms with Crippen LogP contribution in [0.5, 0.6) is 0 Å². The number of carbonyl (C=O) groups excluding carboxylic acids is 3. The van der Waals surface area contributed by atoms with E-state index < -0.39 is 23.9 Å². The van der Waals surface area contributed by atoms with E-state index in [-0.39, 0.29) is 13.2 Å². The summed E-state index contributed by atoms with van der Waals surface area (Å²) in [4.78, 5) is 41.0. The second-order valence-electron chi connectivity index (χ2n) is 8.07. The summed E-state index contributed by atoms with van der Waals surface area (Å²) in [5, 5.41) is 5.39. The lowest BCUT2D eigenvalue weighted by atomic mass is 10.2. The van der Waals surface area contributed by atoms with E-state index in [0.29, 0.717) is 44.2 Å². The minimum atomic E-state index is -0.726. The van der Waals surface area contributed by atoms with E-state index in [2.05, 4.69) is 15.5 Å². The molecule has 0 bridgehead atoms. The first-order valence-corrected chi connectivity index (χ1v) is 12.6. The third-order valence-electron chi connectivity index (χ3n) is 5.65. The fourth-order valence-electron chi connectivity index (χ4n) is 3.87. The number of halogens is 2. The van der Waals surface area contributed by atoms with Crippen molar-refractivity contribution in [2.45, 2.75) is 25.5 Å². The van der Waals surface area contributed by atoms with Gasteiger partial charge >= 0.3 is 6.09 Å². The van der Waals surface area contributed by atoms with Crippen LogP contribution >= 0.6 is 23.2 Å². The van der Waals surface area contributed by atoms with Crippen molar-refractivity contribution < 1.29 is 19.1 Å². The summed E-state index contributed by atoms with van der Waals surface area (Å²) in [5.41, 5.74) is 2.58. The van der Waals surface area contributed by atoms with Gasteiger partial charge in [0.05, 0.1) is 6.54 Å². The van der Waals surface area contributed by atoms with Gasteiger partial charge in [-0.3, -0.25) is 19.8 Å². The Labute approximate surface area is 215 Å². The maximum atomic E-state index is 12.7. The SMILES string of the molecule is O=C(CNc1ccc(N(CCCl)CCCl)cc1)NC(=O)[C@@H]1CCCN1C(=O)OCc1ccccc1. The summed E-state index contributed by atoms with van der Waals surface area (Å²) in [5.74, 6) is 0.0105. The number of nitrogens with one attached hydrogen (secondary N) is 2. The van der Waals surface area contributed by atoms with Crippen LogP contribution in [0.15, 0.2) is 54.6 Å². The van der Waals surface area contributed by atoms with Crippen LogP contribution in [0.2, 0.25) is 0 Å². The standard InChI is InChI=1S/C25H30Cl2N4O4/c26-12-15-30(16-13-27)21-10-8-20(9-11-21)28-17-23(32)29-24(33)22-7-4-14-31(22)25(34)35-18-19-5-2-1-3-6-19/h1-3,5-6,8-11,22,28H,4,7,12-18H2,(H,29,32,33)/t22-/m0/s1. The van der Waals surface area contributed by atoms with Gasteiger partial charge < -0.3 is 15.0 Å². The van der Waals surface area contributed by atoms with E-state index in [9.17, 15) is 14.4 Å². The first kappa shape index (κ1) is 26.6. The highest BCUT2D eigenvalue weighted by Crippen LogP contribution is 2.20. The summed E-state index contributed by atoms with van der Waals surface area (Å²) in [6, 6.07) is 16.1. The molecule has 35 heavy (non-hydrogen) atoms. The average Bonchev–Trinajstić information content (AvgIpc) is 3.37. The van der Waals surface area contributed by atoms with E-state index in [1.807, 2.05) is 54.6 Å². The van der Waals surface area contributed by atoms with Gasteiger partial charge in [0, 0.05) is 42.8 Å². The van der Waals surface area contributed by atoms with E-state index >= 15 is 0 Å². The summed E-state index contributed by atoms with van der Waals surface area (Å²) in [7, 11) is 0. The van der Waals surface area contributed by atoms with Crippen molar-refractivity contribution in [2.75, 3.05) is 48.2 Å². The number of nitrogens with zero attached hydrogens (tertiary/aromatic N) is 2. The topological polar surface area (TPSA) is 91.0 Å². The van der Waals surface area contributed by atoms with Gasteiger partial charge in [-0.05, 0) is 42.7 Å². The molecule has 8 nitrogen and oxygen atoms in total. The van der Waals surface area contributed by atoms with Crippen LogP contribution in [0.3, 0.4) is 0 Å². The van der Waals surface area contributed by atoms with Gasteiger partial charge in [0.25, 0.3) is 0 Å². The second-order valence-corrected chi connectivity index (χ2v) is 8.83. The Balaban J connectivity index is 1.46. The number of alkyl halides is 2. The fourth-order valence-corrected chi connectivity index (χ4v) is 4.28. The molecule has 3 amide bonds. The predicted molar refractivity (Wildman–Crippen MR) is 138 cm³/mol. The molecule has 0 spiro atoms. The molecule has 2 aromatic rings. The minimum Gasteiger partial charge on any atom is -0.445 e. The monoisotopic (exact) mass is 520 g/mol. The predicted octanol–water partition coefficient (Wildman–Crippen LogP) is 3.83. The molecule has 2 aromatic carbocycles. The molecule has 10 heteroatoms. The van der Waals surface area contributed by atoms with Gasteiger partial charge in [-0.15, -0.1) is 23.2 Å². The zero-order chi connectivity index (χ0) is 25.0. The van der Waals surface area contributed by atoms with Crippen molar-refractivity contribution in [3.05, 3.63) is 60.2 Å². The lowest BCUT2D eigenvalue weighted by molar-refractivity contribution is -0.132. The van der Waals surface area contributed by atoms with Gasteiger partial charge in [-0.1, -0.05) is 30.3 Å². The summed E-state index contributed by atoms with van der Waals surface area (Å²) >= 11 is 11.7. The highest BCUT2D eigenvalue weighted by atomic mass is 35.5. The van der Waals surface area contributed by atoms with E-state index in [1.165, 1.54) is 4.90 Å². The fraction of sp³-hybridized carbons (Fsp3) is 0.400. The second kappa shape index (κ2) is 13.8.